The van der Waals surface area contributed by atoms with E-state index < -0.39 is 0 Å². The molecule has 1 aromatic rings. The second-order valence-electron chi connectivity index (χ2n) is 4.71. The highest BCUT2D eigenvalue weighted by Crippen LogP contribution is 2.24. The molecule has 17 heavy (non-hydrogen) atoms. The highest BCUT2D eigenvalue weighted by molar-refractivity contribution is 5.53. The van der Waals surface area contributed by atoms with Gasteiger partial charge in [0.2, 0.25) is 0 Å². The van der Waals surface area contributed by atoms with E-state index in [2.05, 4.69) is 15.6 Å². The van der Waals surface area contributed by atoms with E-state index in [1.807, 2.05) is 19.3 Å². The summed E-state index contributed by atoms with van der Waals surface area (Å²) in [5, 5.41) is 16.3. The number of aromatic nitrogens is 1. The molecule has 0 aromatic carbocycles. The van der Waals surface area contributed by atoms with Crippen LogP contribution in [0.2, 0.25) is 0 Å². The summed E-state index contributed by atoms with van der Waals surface area (Å²) in [4.78, 5) is 4.15. The van der Waals surface area contributed by atoms with Crippen molar-refractivity contribution in [1.82, 2.24) is 4.98 Å². The fourth-order valence-corrected chi connectivity index (χ4v) is 2.35. The van der Waals surface area contributed by atoms with E-state index >= 15 is 0 Å². The third-order valence-electron chi connectivity index (χ3n) is 3.46. The van der Waals surface area contributed by atoms with E-state index in [-0.39, 0.29) is 6.10 Å². The Morgan fingerprint density at radius 2 is 2.06 bits per heavy atom. The van der Waals surface area contributed by atoms with Crippen LogP contribution in [0.1, 0.15) is 25.7 Å². The van der Waals surface area contributed by atoms with Crippen molar-refractivity contribution >= 4 is 11.4 Å². The first-order chi connectivity index (χ1) is 8.29. The van der Waals surface area contributed by atoms with Crippen molar-refractivity contribution in [3.63, 3.8) is 0 Å². The maximum absolute atomic E-state index is 9.88. The van der Waals surface area contributed by atoms with Crippen molar-refractivity contribution < 1.29 is 5.11 Å². The number of anilines is 2. The van der Waals surface area contributed by atoms with Gasteiger partial charge in [0.05, 0.1) is 29.9 Å². The molecule has 4 nitrogen and oxygen atoms in total. The summed E-state index contributed by atoms with van der Waals surface area (Å²) in [6.45, 7) is 0.829. The second-order valence-corrected chi connectivity index (χ2v) is 4.71. The molecule has 1 saturated carbocycles. The smallest absolute Gasteiger partial charge is 0.0585 e. The first-order valence-corrected chi connectivity index (χ1v) is 6.34. The third kappa shape index (κ3) is 3.33. The minimum absolute atomic E-state index is 0.142. The number of rotatable bonds is 4. The zero-order valence-electron chi connectivity index (χ0n) is 10.3. The molecule has 3 N–H and O–H groups in total. The van der Waals surface area contributed by atoms with Crippen molar-refractivity contribution in [2.45, 2.75) is 31.8 Å². The Balaban J connectivity index is 1.88. The van der Waals surface area contributed by atoms with E-state index in [9.17, 15) is 5.11 Å². The van der Waals surface area contributed by atoms with Crippen molar-refractivity contribution in [2.75, 3.05) is 24.2 Å². The monoisotopic (exact) mass is 235 g/mol. The standard InChI is InChI=1S/C13H21N3O/c1-14-11-6-12(9-15-8-11)16-7-10-4-2-3-5-13(10)17/h6,8-10,13-14,16-17H,2-5,7H2,1H3. The molecule has 1 aromatic heterocycles. The lowest BCUT2D eigenvalue weighted by molar-refractivity contribution is 0.0763. The first-order valence-electron chi connectivity index (χ1n) is 6.34. The predicted molar refractivity (Wildman–Crippen MR) is 70.2 cm³/mol. The van der Waals surface area contributed by atoms with E-state index in [0.717, 1.165) is 37.2 Å². The van der Waals surface area contributed by atoms with Crippen LogP contribution in [0.3, 0.4) is 0 Å². The predicted octanol–water partition coefficient (Wildman–Crippen LogP) is 2.09. The average molecular weight is 235 g/mol. The van der Waals surface area contributed by atoms with Crippen molar-refractivity contribution in [3.05, 3.63) is 18.5 Å². The summed E-state index contributed by atoms with van der Waals surface area (Å²) in [5.41, 5.74) is 2.01. The number of pyridine rings is 1. The van der Waals surface area contributed by atoms with Crippen LogP contribution in [0, 0.1) is 5.92 Å². The molecular formula is C13H21N3O. The lowest BCUT2D eigenvalue weighted by Gasteiger charge is -2.27. The van der Waals surface area contributed by atoms with E-state index in [4.69, 9.17) is 0 Å². The highest BCUT2D eigenvalue weighted by atomic mass is 16.3. The van der Waals surface area contributed by atoms with Crippen molar-refractivity contribution in [1.29, 1.82) is 0 Å². The van der Waals surface area contributed by atoms with Crippen LogP contribution in [0.25, 0.3) is 0 Å². The van der Waals surface area contributed by atoms with E-state index in [1.165, 1.54) is 6.42 Å². The van der Waals surface area contributed by atoms with Crippen molar-refractivity contribution in [2.24, 2.45) is 5.92 Å². The van der Waals surface area contributed by atoms with Gasteiger partial charge in [0.15, 0.2) is 0 Å². The number of nitrogens with zero attached hydrogens (tertiary/aromatic N) is 1. The number of hydrogen-bond acceptors (Lipinski definition) is 4. The zero-order valence-corrected chi connectivity index (χ0v) is 10.3. The Bertz CT molecular complexity index is 356. The van der Waals surface area contributed by atoms with Gasteiger partial charge in [0, 0.05) is 19.5 Å². The molecule has 0 saturated heterocycles. The van der Waals surface area contributed by atoms with Crippen LogP contribution in [0.5, 0.6) is 0 Å². The van der Waals surface area contributed by atoms with Crippen LogP contribution in [-0.2, 0) is 0 Å². The molecule has 1 aliphatic rings. The molecule has 2 rings (SSSR count). The Morgan fingerprint density at radius 3 is 2.82 bits per heavy atom. The number of aliphatic hydroxyl groups excluding tert-OH is 1. The van der Waals surface area contributed by atoms with Gasteiger partial charge in [0.25, 0.3) is 0 Å². The summed E-state index contributed by atoms with van der Waals surface area (Å²) in [6.07, 6.45) is 7.93. The molecular weight excluding hydrogens is 214 g/mol. The molecule has 0 bridgehead atoms. The Hall–Kier alpha value is -1.29. The molecule has 0 radical (unpaired) electrons. The van der Waals surface area contributed by atoms with Gasteiger partial charge in [-0.15, -0.1) is 0 Å². The van der Waals surface area contributed by atoms with Crippen molar-refractivity contribution in [3.8, 4) is 0 Å². The van der Waals surface area contributed by atoms with Gasteiger partial charge >= 0.3 is 0 Å². The highest BCUT2D eigenvalue weighted by Gasteiger charge is 2.22. The van der Waals surface area contributed by atoms with E-state index in [0.29, 0.717) is 5.92 Å². The Morgan fingerprint density at radius 1 is 1.29 bits per heavy atom. The number of hydrogen-bond donors (Lipinski definition) is 3. The summed E-state index contributed by atoms with van der Waals surface area (Å²) in [6, 6.07) is 2.03. The Labute approximate surface area is 102 Å². The van der Waals surface area contributed by atoms with Gasteiger partial charge in [-0.3, -0.25) is 4.98 Å². The number of aliphatic hydroxyl groups is 1. The van der Waals surface area contributed by atoms with Gasteiger partial charge < -0.3 is 15.7 Å². The summed E-state index contributed by atoms with van der Waals surface area (Å²) >= 11 is 0. The third-order valence-corrected chi connectivity index (χ3v) is 3.46. The first kappa shape index (κ1) is 12.2. The summed E-state index contributed by atoms with van der Waals surface area (Å²) in [5.74, 6) is 0.377. The minimum atomic E-state index is -0.142. The molecule has 94 valence electrons. The van der Waals surface area contributed by atoms with Gasteiger partial charge in [-0.1, -0.05) is 12.8 Å². The Kier molecular flexibility index (Phi) is 4.20. The number of nitrogens with one attached hydrogen (secondary N) is 2. The molecule has 2 unspecified atom stereocenters. The molecule has 1 aliphatic carbocycles. The van der Waals surface area contributed by atoms with E-state index in [1.54, 1.807) is 6.20 Å². The maximum Gasteiger partial charge on any atom is 0.0585 e. The SMILES string of the molecule is CNc1cncc(NCC2CCCCC2O)c1. The average Bonchev–Trinajstić information content (AvgIpc) is 2.38. The van der Waals surface area contributed by atoms with Crippen LogP contribution in [0.4, 0.5) is 11.4 Å². The molecule has 4 heteroatoms. The van der Waals surface area contributed by atoms with Crippen LogP contribution in [0.15, 0.2) is 18.5 Å². The molecule has 1 heterocycles. The van der Waals surface area contributed by atoms with Crippen LogP contribution in [-0.4, -0.2) is 29.8 Å². The largest absolute Gasteiger partial charge is 0.393 e. The lowest BCUT2D eigenvalue weighted by Crippen LogP contribution is -2.30. The molecule has 1 fully saturated rings. The van der Waals surface area contributed by atoms with Gasteiger partial charge in [0.1, 0.15) is 0 Å². The summed E-state index contributed by atoms with van der Waals surface area (Å²) in [7, 11) is 1.88. The van der Waals surface area contributed by atoms with Gasteiger partial charge in [-0.05, 0) is 18.9 Å². The minimum Gasteiger partial charge on any atom is -0.393 e. The normalized spacial score (nSPS) is 24.4. The maximum atomic E-state index is 9.88. The summed E-state index contributed by atoms with van der Waals surface area (Å²) < 4.78 is 0. The molecule has 0 spiro atoms. The lowest BCUT2D eigenvalue weighted by atomic mass is 9.86. The fourth-order valence-electron chi connectivity index (χ4n) is 2.35. The quantitative estimate of drug-likeness (QED) is 0.748. The van der Waals surface area contributed by atoms with Gasteiger partial charge in [-0.25, -0.2) is 0 Å². The topological polar surface area (TPSA) is 57.2 Å². The van der Waals surface area contributed by atoms with Crippen LogP contribution >= 0.6 is 0 Å². The second kappa shape index (κ2) is 5.87. The van der Waals surface area contributed by atoms with Crippen LogP contribution < -0.4 is 10.6 Å². The molecule has 0 amide bonds. The molecule has 0 aliphatic heterocycles. The fraction of sp³-hybridized carbons (Fsp3) is 0.615. The van der Waals surface area contributed by atoms with Gasteiger partial charge in [-0.2, -0.15) is 0 Å². The zero-order chi connectivity index (χ0) is 12.1. The molecule has 2 atom stereocenters.